The van der Waals surface area contributed by atoms with Gasteiger partial charge in [-0.3, -0.25) is 0 Å². The Morgan fingerprint density at radius 2 is 2.30 bits per heavy atom. The van der Waals surface area contributed by atoms with E-state index >= 15 is 0 Å². The van der Waals surface area contributed by atoms with Crippen molar-refractivity contribution in [2.24, 2.45) is 0 Å². The standard InChI is InChI=1S/C7H9BrO2/c1-2-10-7(9)5-3-4-6-8/h3-6H,2H2,1H3/b5-3-,6-4-. The lowest BCUT2D eigenvalue weighted by Crippen LogP contribution is -1.98. The molecule has 0 aliphatic rings. The molecular formula is C7H9BrO2. The van der Waals surface area contributed by atoms with Crippen LogP contribution in [0.4, 0.5) is 0 Å². The van der Waals surface area contributed by atoms with Gasteiger partial charge in [0.05, 0.1) is 6.61 Å². The van der Waals surface area contributed by atoms with Crippen LogP contribution < -0.4 is 0 Å². The lowest BCUT2D eigenvalue weighted by molar-refractivity contribution is -0.137. The second kappa shape index (κ2) is 6.55. The molecule has 0 N–H and O–H groups in total. The highest BCUT2D eigenvalue weighted by atomic mass is 79.9. The minimum atomic E-state index is -0.312. The van der Waals surface area contributed by atoms with E-state index in [2.05, 4.69) is 20.7 Å². The Balaban J connectivity index is 3.56. The number of halogens is 1. The molecule has 0 radical (unpaired) electrons. The molecule has 0 aliphatic heterocycles. The van der Waals surface area contributed by atoms with Crippen molar-refractivity contribution in [2.45, 2.75) is 6.92 Å². The minimum absolute atomic E-state index is 0.312. The van der Waals surface area contributed by atoms with Crippen LogP contribution >= 0.6 is 15.9 Å². The largest absolute Gasteiger partial charge is 0.463 e. The predicted molar refractivity (Wildman–Crippen MR) is 43.8 cm³/mol. The molecule has 0 aromatic rings. The minimum Gasteiger partial charge on any atom is -0.463 e. The summed E-state index contributed by atoms with van der Waals surface area (Å²) in [6.07, 6.45) is 4.66. The van der Waals surface area contributed by atoms with E-state index in [1.54, 1.807) is 24.1 Å². The van der Waals surface area contributed by atoms with Crippen LogP contribution in [0.15, 0.2) is 23.2 Å². The zero-order chi connectivity index (χ0) is 7.82. The molecule has 0 aromatic heterocycles. The molecule has 0 rings (SSSR count). The Hall–Kier alpha value is -0.570. The number of carbonyl (C=O) groups excluding carboxylic acids is 1. The van der Waals surface area contributed by atoms with Crippen molar-refractivity contribution in [3.63, 3.8) is 0 Å². The van der Waals surface area contributed by atoms with Crippen LogP contribution in [-0.4, -0.2) is 12.6 Å². The third-order valence-electron chi connectivity index (χ3n) is 0.703. The molecule has 0 fully saturated rings. The Kier molecular flexibility index (Phi) is 6.18. The van der Waals surface area contributed by atoms with Crippen LogP contribution in [0.1, 0.15) is 6.92 Å². The van der Waals surface area contributed by atoms with E-state index < -0.39 is 0 Å². The summed E-state index contributed by atoms with van der Waals surface area (Å²) in [6.45, 7) is 2.19. The first-order chi connectivity index (χ1) is 4.81. The second-order valence-electron chi connectivity index (χ2n) is 1.43. The summed E-state index contributed by atoms with van der Waals surface area (Å²) in [5, 5.41) is 0. The Labute approximate surface area is 68.7 Å². The molecule has 0 saturated carbocycles. The number of rotatable bonds is 3. The number of carbonyl (C=O) groups is 1. The van der Waals surface area contributed by atoms with Gasteiger partial charge in [0.15, 0.2) is 0 Å². The average Bonchev–Trinajstić information content (AvgIpc) is 1.89. The van der Waals surface area contributed by atoms with Gasteiger partial charge in [-0.25, -0.2) is 4.79 Å². The summed E-state index contributed by atoms with van der Waals surface area (Å²) in [4.78, 5) is 12.2. The Morgan fingerprint density at radius 3 is 2.80 bits per heavy atom. The molecule has 2 nitrogen and oxygen atoms in total. The Bertz CT molecular complexity index is 150. The maximum Gasteiger partial charge on any atom is 0.330 e. The maximum absolute atomic E-state index is 10.6. The fourth-order valence-corrected chi connectivity index (χ4v) is 0.543. The molecule has 0 unspecified atom stereocenters. The van der Waals surface area contributed by atoms with Gasteiger partial charge < -0.3 is 4.74 Å². The predicted octanol–water partition coefficient (Wildman–Crippen LogP) is 2.01. The zero-order valence-electron chi connectivity index (χ0n) is 5.71. The summed E-state index contributed by atoms with van der Waals surface area (Å²) >= 11 is 3.05. The van der Waals surface area contributed by atoms with E-state index in [0.717, 1.165) is 0 Å². The van der Waals surface area contributed by atoms with Crippen LogP contribution in [0.3, 0.4) is 0 Å². The molecule has 0 aliphatic carbocycles. The zero-order valence-corrected chi connectivity index (χ0v) is 7.30. The molecule has 0 aromatic carbocycles. The third kappa shape index (κ3) is 5.56. The van der Waals surface area contributed by atoms with Crippen LogP contribution in [-0.2, 0) is 9.53 Å². The third-order valence-corrected chi connectivity index (χ3v) is 1.01. The van der Waals surface area contributed by atoms with E-state index in [4.69, 9.17) is 0 Å². The summed E-state index contributed by atoms with van der Waals surface area (Å²) in [5.41, 5.74) is 0. The molecule has 0 spiro atoms. The van der Waals surface area contributed by atoms with Gasteiger partial charge in [-0.05, 0) is 11.9 Å². The smallest absolute Gasteiger partial charge is 0.330 e. The van der Waals surface area contributed by atoms with Crippen molar-refractivity contribution in [3.8, 4) is 0 Å². The molecule has 56 valence electrons. The van der Waals surface area contributed by atoms with Gasteiger partial charge in [0.1, 0.15) is 0 Å². The number of allylic oxidation sites excluding steroid dienone is 2. The van der Waals surface area contributed by atoms with Crippen LogP contribution in [0, 0.1) is 0 Å². The lowest BCUT2D eigenvalue weighted by atomic mass is 10.5. The van der Waals surface area contributed by atoms with Gasteiger partial charge >= 0.3 is 5.97 Å². The summed E-state index contributed by atoms with van der Waals surface area (Å²) in [6, 6.07) is 0. The first-order valence-corrected chi connectivity index (χ1v) is 3.83. The van der Waals surface area contributed by atoms with Crippen LogP contribution in [0.5, 0.6) is 0 Å². The number of esters is 1. The van der Waals surface area contributed by atoms with Crippen molar-refractivity contribution >= 4 is 21.9 Å². The van der Waals surface area contributed by atoms with Gasteiger partial charge in [-0.2, -0.15) is 0 Å². The van der Waals surface area contributed by atoms with Gasteiger partial charge in [-0.15, -0.1) is 0 Å². The normalized spacial score (nSPS) is 11.0. The van der Waals surface area contributed by atoms with Crippen LogP contribution in [0.25, 0.3) is 0 Å². The summed E-state index contributed by atoms with van der Waals surface area (Å²) < 4.78 is 4.61. The van der Waals surface area contributed by atoms with E-state index in [-0.39, 0.29) is 5.97 Å². The lowest BCUT2D eigenvalue weighted by Gasteiger charge is -1.92. The highest BCUT2D eigenvalue weighted by Crippen LogP contribution is 1.85. The summed E-state index contributed by atoms with van der Waals surface area (Å²) in [7, 11) is 0. The number of ether oxygens (including phenoxy) is 1. The molecule has 0 bridgehead atoms. The van der Waals surface area contributed by atoms with Crippen molar-refractivity contribution in [1.29, 1.82) is 0 Å². The van der Waals surface area contributed by atoms with Crippen molar-refractivity contribution in [1.82, 2.24) is 0 Å². The molecule has 3 heteroatoms. The highest BCUT2D eigenvalue weighted by Gasteiger charge is 1.89. The molecule has 0 atom stereocenters. The van der Waals surface area contributed by atoms with E-state index in [1.807, 2.05) is 0 Å². The molecular weight excluding hydrogens is 196 g/mol. The topological polar surface area (TPSA) is 26.3 Å². The van der Waals surface area contributed by atoms with Crippen molar-refractivity contribution < 1.29 is 9.53 Å². The van der Waals surface area contributed by atoms with E-state index in [9.17, 15) is 4.79 Å². The molecule has 10 heavy (non-hydrogen) atoms. The molecule has 0 saturated heterocycles. The van der Waals surface area contributed by atoms with Gasteiger partial charge in [-0.1, -0.05) is 28.1 Å². The summed E-state index contributed by atoms with van der Waals surface area (Å²) in [5.74, 6) is -0.312. The first-order valence-electron chi connectivity index (χ1n) is 2.91. The van der Waals surface area contributed by atoms with Crippen molar-refractivity contribution in [3.05, 3.63) is 23.2 Å². The molecule has 0 amide bonds. The van der Waals surface area contributed by atoms with Gasteiger partial charge in [0.25, 0.3) is 0 Å². The van der Waals surface area contributed by atoms with Crippen LogP contribution in [0.2, 0.25) is 0 Å². The Morgan fingerprint density at radius 1 is 1.60 bits per heavy atom. The fraction of sp³-hybridized carbons (Fsp3) is 0.286. The number of hydrogen-bond acceptors (Lipinski definition) is 2. The van der Waals surface area contributed by atoms with E-state index in [1.165, 1.54) is 6.08 Å². The fourth-order valence-electron chi connectivity index (χ4n) is 0.366. The second-order valence-corrected chi connectivity index (χ2v) is 1.96. The number of hydrogen-bond donors (Lipinski definition) is 0. The van der Waals surface area contributed by atoms with Crippen molar-refractivity contribution in [2.75, 3.05) is 6.61 Å². The van der Waals surface area contributed by atoms with Gasteiger partial charge in [0.2, 0.25) is 0 Å². The maximum atomic E-state index is 10.6. The van der Waals surface area contributed by atoms with Gasteiger partial charge in [0, 0.05) is 6.08 Å². The average molecular weight is 205 g/mol. The quantitative estimate of drug-likeness (QED) is 0.400. The van der Waals surface area contributed by atoms with E-state index in [0.29, 0.717) is 6.61 Å². The highest BCUT2D eigenvalue weighted by molar-refractivity contribution is 9.11. The monoisotopic (exact) mass is 204 g/mol. The SMILES string of the molecule is CCOC(=O)/C=C\C=C/Br. The first kappa shape index (κ1) is 9.43. The molecule has 0 heterocycles.